The maximum atomic E-state index is 5.77. The lowest BCUT2D eigenvalue weighted by Crippen LogP contribution is -2.08. The molecule has 0 saturated heterocycles. The third-order valence-corrected chi connectivity index (χ3v) is 3.67. The predicted octanol–water partition coefficient (Wildman–Crippen LogP) is 3.48. The van der Waals surface area contributed by atoms with E-state index >= 15 is 0 Å². The minimum absolute atomic E-state index is 0.329. The average molecular weight is 256 g/mol. The van der Waals surface area contributed by atoms with Gasteiger partial charge in [-0.15, -0.1) is 11.3 Å². The third-order valence-electron chi connectivity index (χ3n) is 2.75. The molecule has 0 aromatic carbocycles. The fourth-order valence-corrected chi connectivity index (χ4v) is 2.34. The minimum Gasteiger partial charge on any atom is -0.372 e. The molecule has 1 aromatic heterocycles. The standard InChI is InChI=1S/C13H24N2OS/c1-3-4-5-6-7-11(2)16-9-12-10-17-13(8-14)15-12/h10-11H,3-9,14H2,1-2H3. The van der Waals surface area contributed by atoms with Crippen molar-refractivity contribution in [3.8, 4) is 0 Å². The van der Waals surface area contributed by atoms with Crippen LogP contribution in [-0.2, 0) is 17.9 Å². The van der Waals surface area contributed by atoms with E-state index in [2.05, 4.69) is 18.8 Å². The Balaban J connectivity index is 2.12. The molecule has 0 spiro atoms. The van der Waals surface area contributed by atoms with Crippen molar-refractivity contribution in [1.29, 1.82) is 0 Å². The van der Waals surface area contributed by atoms with Crippen molar-refractivity contribution in [1.82, 2.24) is 4.98 Å². The lowest BCUT2D eigenvalue weighted by molar-refractivity contribution is 0.0442. The van der Waals surface area contributed by atoms with Gasteiger partial charge in [0, 0.05) is 11.9 Å². The van der Waals surface area contributed by atoms with Gasteiger partial charge in [-0.05, 0) is 13.3 Å². The molecule has 0 amide bonds. The summed E-state index contributed by atoms with van der Waals surface area (Å²) in [7, 11) is 0. The molecule has 1 aromatic rings. The molecule has 1 rings (SSSR count). The smallest absolute Gasteiger partial charge is 0.107 e. The average Bonchev–Trinajstić information content (AvgIpc) is 2.80. The first-order valence-corrected chi connectivity index (χ1v) is 7.39. The molecule has 2 N–H and O–H groups in total. The number of hydrogen-bond acceptors (Lipinski definition) is 4. The molecule has 1 atom stereocenters. The Hall–Kier alpha value is -0.450. The van der Waals surface area contributed by atoms with Gasteiger partial charge in [0.25, 0.3) is 0 Å². The van der Waals surface area contributed by atoms with Gasteiger partial charge in [-0.2, -0.15) is 0 Å². The third kappa shape index (κ3) is 6.15. The Labute approximate surface area is 108 Å². The molecule has 0 saturated carbocycles. The number of hydrogen-bond donors (Lipinski definition) is 1. The van der Waals surface area contributed by atoms with E-state index in [1.807, 2.05) is 5.38 Å². The molecule has 0 fully saturated rings. The Kier molecular flexibility index (Phi) is 7.40. The van der Waals surface area contributed by atoms with Crippen LogP contribution in [0.3, 0.4) is 0 Å². The Morgan fingerprint density at radius 3 is 2.88 bits per heavy atom. The number of unbranched alkanes of at least 4 members (excludes halogenated alkanes) is 3. The predicted molar refractivity (Wildman–Crippen MR) is 73.0 cm³/mol. The van der Waals surface area contributed by atoms with Crippen LogP contribution in [0.2, 0.25) is 0 Å². The molecule has 0 aliphatic carbocycles. The van der Waals surface area contributed by atoms with E-state index in [0.717, 1.165) is 17.1 Å². The Morgan fingerprint density at radius 2 is 2.24 bits per heavy atom. The second-order valence-corrected chi connectivity index (χ2v) is 5.35. The molecule has 4 heteroatoms. The molecule has 1 heterocycles. The largest absolute Gasteiger partial charge is 0.372 e. The van der Waals surface area contributed by atoms with Gasteiger partial charge in [-0.3, -0.25) is 0 Å². The van der Waals surface area contributed by atoms with E-state index in [-0.39, 0.29) is 0 Å². The van der Waals surface area contributed by atoms with Crippen LogP contribution in [-0.4, -0.2) is 11.1 Å². The van der Waals surface area contributed by atoms with Crippen LogP contribution in [0, 0.1) is 0 Å². The van der Waals surface area contributed by atoms with Gasteiger partial charge >= 0.3 is 0 Å². The number of nitrogens with two attached hydrogens (primary N) is 1. The summed E-state index contributed by atoms with van der Waals surface area (Å²) in [6.07, 6.45) is 6.68. The molecule has 3 nitrogen and oxygen atoms in total. The van der Waals surface area contributed by atoms with Crippen molar-refractivity contribution < 1.29 is 4.74 Å². The molecule has 0 aliphatic rings. The molecule has 17 heavy (non-hydrogen) atoms. The number of aromatic nitrogens is 1. The summed E-state index contributed by atoms with van der Waals surface area (Å²) in [6, 6.07) is 0. The van der Waals surface area contributed by atoms with Gasteiger partial charge in [-0.1, -0.05) is 32.6 Å². The molecule has 0 bridgehead atoms. The first kappa shape index (κ1) is 14.6. The van der Waals surface area contributed by atoms with Gasteiger partial charge < -0.3 is 10.5 Å². The van der Waals surface area contributed by atoms with Gasteiger partial charge in [0.1, 0.15) is 5.01 Å². The Bertz CT molecular complexity index is 301. The van der Waals surface area contributed by atoms with Crippen LogP contribution in [0.5, 0.6) is 0 Å². The van der Waals surface area contributed by atoms with Crippen LogP contribution < -0.4 is 5.73 Å². The minimum atomic E-state index is 0.329. The first-order valence-electron chi connectivity index (χ1n) is 6.51. The topological polar surface area (TPSA) is 48.1 Å². The fourth-order valence-electron chi connectivity index (χ4n) is 1.68. The number of nitrogens with zero attached hydrogens (tertiary/aromatic N) is 1. The van der Waals surface area contributed by atoms with Crippen molar-refractivity contribution in [2.45, 2.75) is 65.2 Å². The fraction of sp³-hybridized carbons (Fsp3) is 0.769. The lowest BCUT2D eigenvalue weighted by atomic mass is 10.1. The summed E-state index contributed by atoms with van der Waals surface area (Å²) in [6.45, 7) is 5.52. The van der Waals surface area contributed by atoms with Gasteiger partial charge in [0.15, 0.2) is 0 Å². The van der Waals surface area contributed by atoms with Crippen LogP contribution in [0.1, 0.15) is 56.7 Å². The van der Waals surface area contributed by atoms with Gasteiger partial charge in [0.2, 0.25) is 0 Å². The SMILES string of the molecule is CCCCCCC(C)OCc1csc(CN)n1. The normalized spacial score (nSPS) is 12.9. The summed E-state index contributed by atoms with van der Waals surface area (Å²) in [4.78, 5) is 4.38. The number of rotatable bonds is 9. The zero-order valence-corrected chi connectivity index (χ0v) is 11.8. The highest BCUT2D eigenvalue weighted by Gasteiger charge is 2.05. The van der Waals surface area contributed by atoms with E-state index in [9.17, 15) is 0 Å². The summed E-state index contributed by atoms with van der Waals surface area (Å²) in [5.41, 5.74) is 6.53. The molecule has 0 radical (unpaired) electrons. The van der Waals surface area contributed by atoms with Crippen LogP contribution in [0.25, 0.3) is 0 Å². The molecule has 98 valence electrons. The van der Waals surface area contributed by atoms with Crippen LogP contribution >= 0.6 is 11.3 Å². The lowest BCUT2D eigenvalue weighted by Gasteiger charge is -2.11. The van der Waals surface area contributed by atoms with Crippen molar-refractivity contribution in [3.05, 3.63) is 16.1 Å². The zero-order chi connectivity index (χ0) is 12.5. The summed E-state index contributed by atoms with van der Waals surface area (Å²) in [5.74, 6) is 0. The van der Waals surface area contributed by atoms with Gasteiger partial charge in [0.05, 0.1) is 18.4 Å². The van der Waals surface area contributed by atoms with Crippen LogP contribution in [0.4, 0.5) is 0 Å². The first-order chi connectivity index (χ1) is 8.26. The number of thiazole rings is 1. The van der Waals surface area contributed by atoms with E-state index < -0.39 is 0 Å². The highest BCUT2D eigenvalue weighted by atomic mass is 32.1. The van der Waals surface area contributed by atoms with Crippen molar-refractivity contribution in [3.63, 3.8) is 0 Å². The van der Waals surface area contributed by atoms with Crippen molar-refractivity contribution >= 4 is 11.3 Å². The summed E-state index contributed by atoms with van der Waals surface area (Å²) in [5, 5.41) is 3.02. The molecular formula is C13H24N2OS. The zero-order valence-electron chi connectivity index (χ0n) is 10.9. The molecular weight excluding hydrogens is 232 g/mol. The maximum absolute atomic E-state index is 5.77. The summed E-state index contributed by atoms with van der Waals surface area (Å²) >= 11 is 1.61. The van der Waals surface area contributed by atoms with Crippen molar-refractivity contribution in [2.24, 2.45) is 5.73 Å². The van der Waals surface area contributed by atoms with Crippen LogP contribution in [0.15, 0.2) is 5.38 Å². The second kappa shape index (κ2) is 8.61. The van der Waals surface area contributed by atoms with E-state index in [1.54, 1.807) is 11.3 Å². The monoisotopic (exact) mass is 256 g/mol. The Morgan fingerprint density at radius 1 is 1.41 bits per heavy atom. The number of ether oxygens (including phenoxy) is 1. The highest BCUT2D eigenvalue weighted by molar-refractivity contribution is 7.09. The van der Waals surface area contributed by atoms with E-state index in [4.69, 9.17) is 10.5 Å². The molecule has 1 unspecified atom stereocenters. The van der Waals surface area contributed by atoms with E-state index in [1.165, 1.54) is 25.7 Å². The second-order valence-electron chi connectivity index (χ2n) is 4.41. The van der Waals surface area contributed by atoms with E-state index in [0.29, 0.717) is 19.3 Å². The maximum Gasteiger partial charge on any atom is 0.107 e. The quantitative estimate of drug-likeness (QED) is 0.688. The summed E-state index contributed by atoms with van der Waals surface area (Å²) < 4.78 is 5.77. The molecule has 0 aliphatic heterocycles. The van der Waals surface area contributed by atoms with Gasteiger partial charge in [-0.25, -0.2) is 4.98 Å². The van der Waals surface area contributed by atoms with Crippen molar-refractivity contribution in [2.75, 3.05) is 0 Å². The highest BCUT2D eigenvalue weighted by Crippen LogP contribution is 2.13.